The number of rotatable bonds is 8. The van der Waals surface area contributed by atoms with Crippen LogP contribution in [0.3, 0.4) is 0 Å². The normalized spacial score (nSPS) is 12.8. The molecule has 2 aromatic rings. The Morgan fingerprint density at radius 3 is 2.31 bits per heavy atom. The van der Waals surface area contributed by atoms with Crippen LogP contribution < -0.4 is 5.32 Å². The van der Waals surface area contributed by atoms with E-state index in [9.17, 15) is 13.2 Å². The molecule has 0 bridgehead atoms. The second-order valence-corrected chi connectivity index (χ2v) is 8.08. The Morgan fingerprint density at radius 2 is 1.69 bits per heavy atom. The molecule has 0 radical (unpaired) electrons. The van der Waals surface area contributed by atoms with Crippen LogP contribution in [0.2, 0.25) is 0 Å². The van der Waals surface area contributed by atoms with Gasteiger partial charge in [0, 0.05) is 25.2 Å². The minimum Gasteiger partial charge on any atom is -0.351 e. The molecule has 0 aliphatic rings. The Bertz CT molecular complexity index is 831. The summed E-state index contributed by atoms with van der Waals surface area (Å²) in [5.74, 6) is -0.105. The van der Waals surface area contributed by atoms with Crippen molar-refractivity contribution in [3.05, 3.63) is 65.7 Å². The van der Waals surface area contributed by atoms with Crippen LogP contribution >= 0.6 is 0 Å². The molecule has 0 aromatic heterocycles. The molecule has 140 valence electrons. The fraction of sp³-hybridized carbons (Fsp3) is 0.350. The second-order valence-electron chi connectivity index (χ2n) is 6.14. The first-order chi connectivity index (χ1) is 12.4. The lowest BCUT2D eigenvalue weighted by atomic mass is 10.0. The molecule has 2 aromatic carbocycles. The van der Waals surface area contributed by atoms with Gasteiger partial charge in [0.15, 0.2) is 0 Å². The zero-order valence-electron chi connectivity index (χ0n) is 15.5. The summed E-state index contributed by atoms with van der Waals surface area (Å²) in [5, 5.41) is 2.89. The van der Waals surface area contributed by atoms with Crippen molar-refractivity contribution < 1.29 is 13.2 Å². The molecule has 1 unspecified atom stereocenters. The maximum absolute atomic E-state index is 12.6. The average molecular weight is 375 g/mol. The van der Waals surface area contributed by atoms with Crippen molar-refractivity contribution in [2.24, 2.45) is 0 Å². The first-order valence-corrected chi connectivity index (χ1v) is 10.3. The van der Waals surface area contributed by atoms with Crippen LogP contribution in [0, 0.1) is 0 Å². The summed E-state index contributed by atoms with van der Waals surface area (Å²) in [7, 11) is -3.58. The van der Waals surface area contributed by atoms with Gasteiger partial charge in [0.2, 0.25) is 10.0 Å². The quantitative estimate of drug-likeness (QED) is 0.771. The Morgan fingerprint density at radius 1 is 1.04 bits per heavy atom. The molecule has 5 nitrogen and oxygen atoms in total. The molecule has 0 saturated carbocycles. The number of hydrogen-bond donors (Lipinski definition) is 1. The van der Waals surface area contributed by atoms with Crippen LogP contribution in [0.15, 0.2) is 59.5 Å². The SMILES string of the molecule is CCN(CC)S(=O)(=O)c1cccc(C(=O)NCC(C)c2ccccc2)c1. The van der Waals surface area contributed by atoms with Gasteiger partial charge in [-0.05, 0) is 29.7 Å². The van der Waals surface area contributed by atoms with E-state index in [1.165, 1.54) is 16.4 Å². The molecular formula is C20H26N2O3S. The number of benzene rings is 2. The van der Waals surface area contributed by atoms with Gasteiger partial charge in [-0.2, -0.15) is 4.31 Å². The Kier molecular flexibility index (Phi) is 6.94. The van der Waals surface area contributed by atoms with Crippen LogP contribution in [0.4, 0.5) is 0 Å². The molecule has 0 fully saturated rings. The minimum absolute atomic E-state index is 0.143. The smallest absolute Gasteiger partial charge is 0.251 e. The third kappa shape index (κ3) is 4.71. The molecule has 2 rings (SSSR count). The van der Waals surface area contributed by atoms with Crippen molar-refractivity contribution in [1.29, 1.82) is 0 Å². The molecule has 26 heavy (non-hydrogen) atoms. The second kappa shape index (κ2) is 8.96. The van der Waals surface area contributed by atoms with Crippen LogP contribution in [0.5, 0.6) is 0 Å². The Labute approximate surface area is 156 Å². The Balaban J connectivity index is 2.11. The van der Waals surface area contributed by atoms with Gasteiger partial charge in [-0.3, -0.25) is 4.79 Å². The van der Waals surface area contributed by atoms with Gasteiger partial charge < -0.3 is 5.32 Å². The zero-order chi connectivity index (χ0) is 19.2. The van der Waals surface area contributed by atoms with Crippen molar-refractivity contribution in [3.8, 4) is 0 Å². The van der Waals surface area contributed by atoms with Crippen molar-refractivity contribution in [1.82, 2.24) is 9.62 Å². The first-order valence-electron chi connectivity index (χ1n) is 8.83. The van der Waals surface area contributed by atoms with Gasteiger partial charge in [-0.25, -0.2) is 8.42 Å². The lowest BCUT2D eigenvalue weighted by Crippen LogP contribution is -2.31. The fourth-order valence-corrected chi connectivity index (χ4v) is 4.26. The number of hydrogen-bond acceptors (Lipinski definition) is 3. The molecule has 6 heteroatoms. The van der Waals surface area contributed by atoms with Gasteiger partial charge in [-0.15, -0.1) is 0 Å². The summed E-state index contributed by atoms with van der Waals surface area (Å²) in [4.78, 5) is 12.6. The van der Waals surface area contributed by atoms with E-state index in [0.717, 1.165) is 5.56 Å². The molecule has 0 aliphatic heterocycles. The molecular weight excluding hydrogens is 348 g/mol. The molecule has 0 saturated heterocycles. The number of nitrogens with zero attached hydrogens (tertiary/aromatic N) is 1. The van der Waals surface area contributed by atoms with Gasteiger partial charge in [0.05, 0.1) is 4.90 Å². The Hall–Kier alpha value is -2.18. The van der Waals surface area contributed by atoms with Crippen LogP contribution in [-0.2, 0) is 10.0 Å². The highest BCUT2D eigenvalue weighted by Gasteiger charge is 2.22. The largest absolute Gasteiger partial charge is 0.351 e. The summed E-state index contributed by atoms with van der Waals surface area (Å²) in [6, 6.07) is 16.1. The maximum Gasteiger partial charge on any atom is 0.251 e. The molecule has 1 atom stereocenters. The van der Waals surface area contributed by atoms with Crippen molar-refractivity contribution in [2.45, 2.75) is 31.6 Å². The molecule has 0 spiro atoms. The summed E-state index contributed by atoms with van der Waals surface area (Å²) in [6.07, 6.45) is 0. The van der Waals surface area contributed by atoms with E-state index in [1.807, 2.05) is 37.3 Å². The van der Waals surface area contributed by atoms with Gasteiger partial charge in [0.25, 0.3) is 5.91 Å². The van der Waals surface area contributed by atoms with Gasteiger partial charge in [-0.1, -0.05) is 57.2 Å². The van der Waals surface area contributed by atoms with Gasteiger partial charge in [0.1, 0.15) is 0 Å². The minimum atomic E-state index is -3.58. The third-order valence-electron chi connectivity index (χ3n) is 4.38. The molecule has 1 amide bonds. The van der Waals surface area contributed by atoms with E-state index in [-0.39, 0.29) is 16.7 Å². The number of nitrogens with one attached hydrogen (secondary N) is 1. The predicted octanol–water partition coefficient (Wildman–Crippen LogP) is 3.25. The van der Waals surface area contributed by atoms with E-state index in [2.05, 4.69) is 5.32 Å². The summed E-state index contributed by atoms with van der Waals surface area (Å²) < 4.78 is 26.6. The van der Waals surface area contributed by atoms with E-state index in [0.29, 0.717) is 25.2 Å². The first kappa shape index (κ1) is 20.1. The van der Waals surface area contributed by atoms with E-state index >= 15 is 0 Å². The zero-order valence-corrected chi connectivity index (χ0v) is 16.3. The summed E-state index contributed by atoms with van der Waals surface area (Å²) >= 11 is 0. The fourth-order valence-electron chi connectivity index (χ4n) is 2.76. The van der Waals surface area contributed by atoms with Crippen LogP contribution in [0.25, 0.3) is 0 Å². The number of sulfonamides is 1. The number of carbonyl (C=O) groups excluding carboxylic acids is 1. The average Bonchev–Trinajstić information content (AvgIpc) is 2.67. The number of carbonyl (C=O) groups is 1. The lowest BCUT2D eigenvalue weighted by molar-refractivity contribution is 0.0951. The standard InChI is InChI=1S/C20H26N2O3S/c1-4-22(5-2)26(24,25)19-13-9-12-18(14-19)20(23)21-15-16(3)17-10-7-6-8-11-17/h6-14,16H,4-5,15H2,1-3H3,(H,21,23). The van der Waals surface area contributed by atoms with E-state index in [4.69, 9.17) is 0 Å². The predicted molar refractivity (Wildman–Crippen MR) is 104 cm³/mol. The van der Waals surface area contributed by atoms with Crippen molar-refractivity contribution in [2.75, 3.05) is 19.6 Å². The van der Waals surface area contributed by atoms with Crippen LogP contribution in [-0.4, -0.2) is 38.3 Å². The summed E-state index contributed by atoms with van der Waals surface area (Å²) in [5.41, 5.74) is 1.49. The third-order valence-corrected chi connectivity index (χ3v) is 6.42. The molecule has 1 N–H and O–H groups in total. The monoisotopic (exact) mass is 374 g/mol. The number of amides is 1. The summed E-state index contributed by atoms with van der Waals surface area (Å²) in [6.45, 7) is 6.89. The van der Waals surface area contributed by atoms with Crippen LogP contribution in [0.1, 0.15) is 42.6 Å². The molecule has 0 aliphatic carbocycles. The van der Waals surface area contributed by atoms with Gasteiger partial charge >= 0.3 is 0 Å². The van der Waals surface area contributed by atoms with E-state index in [1.54, 1.807) is 26.0 Å². The highest BCUT2D eigenvalue weighted by molar-refractivity contribution is 7.89. The lowest BCUT2D eigenvalue weighted by Gasteiger charge is -2.19. The highest BCUT2D eigenvalue weighted by Crippen LogP contribution is 2.17. The maximum atomic E-state index is 12.6. The van der Waals surface area contributed by atoms with Crippen molar-refractivity contribution in [3.63, 3.8) is 0 Å². The highest BCUT2D eigenvalue weighted by atomic mass is 32.2. The van der Waals surface area contributed by atoms with E-state index < -0.39 is 10.0 Å². The topological polar surface area (TPSA) is 66.5 Å². The molecule has 0 heterocycles. The van der Waals surface area contributed by atoms with Crippen molar-refractivity contribution >= 4 is 15.9 Å².